The van der Waals surface area contributed by atoms with Gasteiger partial charge in [-0.25, -0.2) is 14.0 Å². The molecule has 1 aromatic rings. The molecule has 1 aromatic carbocycles. The minimum absolute atomic E-state index is 0.0661. The highest BCUT2D eigenvalue weighted by molar-refractivity contribution is 5.91. The second kappa shape index (κ2) is 5.99. The molecule has 2 N–H and O–H groups in total. The monoisotopic (exact) mass is 266 g/mol. The maximum absolute atomic E-state index is 13.6. The van der Waals surface area contributed by atoms with Crippen LogP contribution in [0, 0.1) is 5.82 Å². The number of likely N-dealkylation sites (N-methyl/N-ethyl adjacent to an activating group) is 1. The molecule has 0 bridgehead atoms. The number of carboxylic acid groups (broad SMARTS) is 1. The Morgan fingerprint density at radius 1 is 1.47 bits per heavy atom. The van der Waals surface area contributed by atoms with Crippen LogP contribution >= 0.6 is 0 Å². The summed E-state index contributed by atoms with van der Waals surface area (Å²) in [7, 11) is 1.55. The van der Waals surface area contributed by atoms with Gasteiger partial charge in [-0.1, -0.05) is 12.2 Å². The van der Waals surface area contributed by atoms with Crippen LogP contribution in [0.4, 0.5) is 14.9 Å². The van der Waals surface area contributed by atoms with E-state index in [4.69, 9.17) is 5.11 Å². The van der Waals surface area contributed by atoms with E-state index in [9.17, 15) is 14.0 Å². The number of amides is 2. The van der Waals surface area contributed by atoms with Crippen LogP contribution in [-0.4, -0.2) is 35.6 Å². The lowest BCUT2D eigenvalue weighted by Gasteiger charge is -2.18. The Balaban J connectivity index is 2.80. The number of hydrogen-bond donors (Lipinski definition) is 2. The molecule has 0 aromatic heterocycles. The van der Waals surface area contributed by atoms with Gasteiger partial charge in [0.2, 0.25) is 0 Å². The molecule has 0 unspecified atom stereocenters. The summed E-state index contributed by atoms with van der Waals surface area (Å²) in [5.74, 6) is -2.02. The molecule has 19 heavy (non-hydrogen) atoms. The van der Waals surface area contributed by atoms with E-state index < -0.39 is 17.8 Å². The Bertz CT molecular complexity index is 529. The molecule has 2 amide bonds. The van der Waals surface area contributed by atoms with E-state index in [1.54, 1.807) is 14.0 Å². The third kappa shape index (κ3) is 4.09. The van der Waals surface area contributed by atoms with Gasteiger partial charge in [-0.2, -0.15) is 0 Å². The van der Waals surface area contributed by atoms with Crippen molar-refractivity contribution in [2.24, 2.45) is 0 Å². The molecule has 0 fully saturated rings. The molecule has 0 aliphatic rings. The summed E-state index contributed by atoms with van der Waals surface area (Å²) in [6.07, 6.45) is 0. The molecule has 6 heteroatoms. The molecule has 0 heterocycles. The zero-order chi connectivity index (χ0) is 14.6. The van der Waals surface area contributed by atoms with Gasteiger partial charge in [0.05, 0.1) is 11.3 Å². The molecule has 1 rings (SSSR count). The summed E-state index contributed by atoms with van der Waals surface area (Å²) in [6, 6.07) is 2.80. The summed E-state index contributed by atoms with van der Waals surface area (Å²) in [4.78, 5) is 23.7. The van der Waals surface area contributed by atoms with Gasteiger partial charge in [0, 0.05) is 13.6 Å². The lowest BCUT2D eigenvalue weighted by Crippen LogP contribution is -2.32. The predicted octanol–water partition coefficient (Wildman–Crippen LogP) is 2.56. The van der Waals surface area contributed by atoms with E-state index in [1.165, 1.54) is 17.0 Å². The minimum atomic E-state index is -1.23. The Labute approximate surface area is 110 Å². The molecule has 0 radical (unpaired) electrons. The highest BCUT2D eigenvalue weighted by Crippen LogP contribution is 2.16. The first-order valence-electron chi connectivity index (χ1n) is 5.50. The van der Waals surface area contributed by atoms with Gasteiger partial charge >= 0.3 is 12.0 Å². The van der Waals surface area contributed by atoms with Crippen LogP contribution in [0.1, 0.15) is 17.3 Å². The molecule has 0 saturated carbocycles. The van der Waals surface area contributed by atoms with Gasteiger partial charge in [0.25, 0.3) is 0 Å². The quantitative estimate of drug-likeness (QED) is 0.823. The topological polar surface area (TPSA) is 69.6 Å². The molecule has 0 spiro atoms. The molecule has 5 nitrogen and oxygen atoms in total. The fraction of sp³-hybridized carbons (Fsp3) is 0.231. The number of carboxylic acids is 1. The maximum atomic E-state index is 13.6. The van der Waals surface area contributed by atoms with Gasteiger partial charge in [-0.05, 0) is 25.1 Å². The van der Waals surface area contributed by atoms with E-state index in [0.717, 1.165) is 11.6 Å². The second-order valence-corrected chi connectivity index (χ2v) is 4.24. The number of anilines is 1. The molecule has 0 aliphatic heterocycles. The van der Waals surface area contributed by atoms with Crippen molar-refractivity contribution >= 4 is 17.7 Å². The van der Waals surface area contributed by atoms with Crippen LogP contribution in [0.25, 0.3) is 0 Å². The standard InChI is InChI=1S/C13H15FN2O3/c1-8(2)7-16(3)13(19)15-11-5-4-9(12(17)18)6-10(11)14/h4-6H,1,7H2,2-3H3,(H,15,19)(H,17,18). The van der Waals surface area contributed by atoms with Crippen molar-refractivity contribution in [3.05, 3.63) is 41.7 Å². The first-order valence-corrected chi connectivity index (χ1v) is 5.50. The van der Waals surface area contributed by atoms with E-state index in [1.807, 2.05) is 0 Å². The Hall–Kier alpha value is -2.37. The fourth-order valence-corrected chi connectivity index (χ4v) is 1.44. The van der Waals surface area contributed by atoms with Crippen LogP contribution in [-0.2, 0) is 0 Å². The number of benzene rings is 1. The van der Waals surface area contributed by atoms with E-state index in [0.29, 0.717) is 6.54 Å². The average molecular weight is 266 g/mol. The zero-order valence-electron chi connectivity index (χ0n) is 10.7. The summed E-state index contributed by atoms with van der Waals surface area (Å²) in [5.41, 5.74) is 0.550. The number of hydrogen-bond acceptors (Lipinski definition) is 2. The number of urea groups is 1. The molecule has 0 atom stereocenters. The van der Waals surface area contributed by atoms with E-state index >= 15 is 0 Å². The van der Waals surface area contributed by atoms with Crippen molar-refractivity contribution in [2.45, 2.75) is 6.92 Å². The smallest absolute Gasteiger partial charge is 0.335 e. The zero-order valence-corrected chi connectivity index (χ0v) is 10.7. The van der Waals surface area contributed by atoms with Gasteiger partial charge in [0.15, 0.2) is 0 Å². The third-order valence-corrected chi connectivity index (χ3v) is 2.31. The molecular weight excluding hydrogens is 251 g/mol. The Morgan fingerprint density at radius 3 is 2.58 bits per heavy atom. The highest BCUT2D eigenvalue weighted by Gasteiger charge is 2.13. The number of carbonyl (C=O) groups is 2. The van der Waals surface area contributed by atoms with Gasteiger partial charge < -0.3 is 15.3 Å². The average Bonchev–Trinajstić information content (AvgIpc) is 2.30. The molecular formula is C13H15FN2O3. The number of aromatic carboxylic acids is 1. The largest absolute Gasteiger partial charge is 0.478 e. The second-order valence-electron chi connectivity index (χ2n) is 4.24. The van der Waals surface area contributed by atoms with Gasteiger partial charge in [-0.3, -0.25) is 0 Å². The number of halogens is 1. The lowest BCUT2D eigenvalue weighted by atomic mass is 10.2. The maximum Gasteiger partial charge on any atom is 0.335 e. The summed E-state index contributed by atoms with van der Waals surface area (Å²) >= 11 is 0. The van der Waals surface area contributed by atoms with Crippen LogP contribution in [0.2, 0.25) is 0 Å². The number of nitrogens with one attached hydrogen (secondary N) is 1. The van der Waals surface area contributed by atoms with E-state index in [-0.39, 0.29) is 11.3 Å². The predicted molar refractivity (Wildman–Crippen MR) is 69.8 cm³/mol. The first kappa shape index (κ1) is 14.7. The van der Waals surface area contributed by atoms with Crippen LogP contribution in [0.15, 0.2) is 30.4 Å². The normalized spacial score (nSPS) is 9.84. The van der Waals surface area contributed by atoms with Crippen molar-refractivity contribution in [1.82, 2.24) is 4.90 Å². The van der Waals surface area contributed by atoms with Crippen molar-refractivity contribution in [1.29, 1.82) is 0 Å². The molecule has 102 valence electrons. The highest BCUT2D eigenvalue weighted by atomic mass is 19.1. The fourth-order valence-electron chi connectivity index (χ4n) is 1.44. The lowest BCUT2D eigenvalue weighted by molar-refractivity contribution is 0.0696. The Kier molecular flexibility index (Phi) is 4.63. The van der Waals surface area contributed by atoms with Crippen molar-refractivity contribution in [3.63, 3.8) is 0 Å². The van der Waals surface area contributed by atoms with Crippen molar-refractivity contribution < 1.29 is 19.1 Å². The number of rotatable bonds is 4. The van der Waals surface area contributed by atoms with Crippen molar-refractivity contribution in [3.8, 4) is 0 Å². The SMILES string of the molecule is C=C(C)CN(C)C(=O)Nc1ccc(C(=O)O)cc1F. The molecule has 0 aliphatic carbocycles. The van der Waals surface area contributed by atoms with Crippen molar-refractivity contribution in [2.75, 3.05) is 18.9 Å². The summed E-state index contributed by atoms with van der Waals surface area (Å²) < 4.78 is 13.6. The summed E-state index contributed by atoms with van der Waals surface area (Å²) in [6.45, 7) is 5.79. The van der Waals surface area contributed by atoms with Crippen LogP contribution < -0.4 is 5.32 Å². The summed E-state index contributed by atoms with van der Waals surface area (Å²) in [5, 5.41) is 11.1. The van der Waals surface area contributed by atoms with Gasteiger partial charge in [0.1, 0.15) is 5.82 Å². The minimum Gasteiger partial charge on any atom is -0.478 e. The number of nitrogens with zero attached hydrogens (tertiary/aromatic N) is 1. The van der Waals surface area contributed by atoms with Gasteiger partial charge in [-0.15, -0.1) is 0 Å². The Morgan fingerprint density at radius 2 is 2.11 bits per heavy atom. The first-order chi connectivity index (χ1) is 8.81. The van der Waals surface area contributed by atoms with Crippen LogP contribution in [0.3, 0.4) is 0 Å². The molecule has 0 saturated heterocycles. The van der Waals surface area contributed by atoms with E-state index in [2.05, 4.69) is 11.9 Å². The number of carbonyl (C=O) groups excluding carboxylic acids is 1. The third-order valence-electron chi connectivity index (χ3n) is 2.31. The van der Waals surface area contributed by atoms with Crippen LogP contribution in [0.5, 0.6) is 0 Å².